The monoisotopic (exact) mass is 804 g/mol. The molecule has 0 aromatic carbocycles. The summed E-state index contributed by atoms with van der Waals surface area (Å²) < 4.78 is 5.89. The Morgan fingerprint density at radius 3 is 1.33 bits per heavy atom. The van der Waals surface area contributed by atoms with Crippen LogP contribution in [0.25, 0.3) is 0 Å². The Labute approximate surface area is 354 Å². The molecule has 0 bridgehead atoms. The van der Waals surface area contributed by atoms with Gasteiger partial charge in [-0.25, -0.2) is 0 Å². The number of esters is 1. The molecule has 6 heteroatoms. The summed E-state index contributed by atoms with van der Waals surface area (Å²) in [5.74, 6) is -0.507. The zero-order valence-corrected chi connectivity index (χ0v) is 38.2. The van der Waals surface area contributed by atoms with Crippen molar-refractivity contribution < 1.29 is 24.5 Å². The van der Waals surface area contributed by atoms with Gasteiger partial charge in [-0.3, -0.25) is 9.59 Å². The fourth-order valence-corrected chi connectivity index (χ4v) is 7.65. The Balaban J connectivity index is 4.50. The van der Waals surface area contributed by atoms with Gasteiger partial charge in [0, 0.05) is 6.42 Å². The van der Waals surface area contributed by atoms with Gasteiger partial charge in [-0.15, -0.1) is 0 Å². The number of unbranched alkanes of at least 4 members (excludes halogenated alkanes) is 29. The van der Waals surface area contributed by atoms with Crippen LogP contribution in [-0.2, 0) is 14.3 Å². The molecule has 0 heterocycles. The second-order valence-corrected chi connectivity index (χ2v) is 17.2. The first-order chi connectivity index (χ1) is 28.0. The van der Waals surface area contributed by atoms with Crippen LogP contribution >= 0.6 is 0 Å². The van der Waals surface area contributed by atoms with Gasteiger partial charge in [-0.05, 0) is 64.2 Å². The van der Waals surface area contributed by atoms with Crippen LogP contribution in [0.1, 0.15) is 265 Å². The number of amides is 1. The van der Waals surface area contributed by atoms with E-state index in [1.807, 2.05) is 0 Å². The number of aliphatic hydroxyl groups is 2. The summed E-state index contributed by atoms with van der Waals surface area (Å²) in [6.07, 6.45) is 51.0. The molecule has 6 nitrogen and oxygen atoms in total. The Kier molecular flexibility index (Phi) is 44.1. The number of rotatable bonds is 45. The van der Waals surface area contributed by atoms with Crippen molar-refractivity contribution in [1.82, 2.24) is 5.32 Å². The van der Waals surface area contributed by atoms with Gasteiger partial charge < -0.3 is 20.3 Å². The summed E-state index contributed by atoms with van der Waals surface area (Å²) in [4.78, 5) is 26.0. The lowest BCUT2D eigenvalue weighted by atomic mass is 10.0. The van der Waals surface area contributed by atoms with Crippen molar-refractivity contribution in [2.75, 3.05) is 6.61 Å². The van der Waals surface area contributed by atoms with Crippen LogP contribution in [0.4, 0.5) is 0 Å². The molecule has 0 rings (SSSR count). The fraction of sp³-hybridized carbons (Fsp3) is 0.882. The molecule has 3 unspecified atom stereocenters. The van der Waals surface area contributed by atoms with Crippen LogP contribution in [0.2, 0.25) is 0 Å². The third-order valence-electron chi connectivity index (χ3n) is 11.5. The molecule has 0 aromatic heterocycles. The molecule has 0 aliphatic carbocycles. The normalized spacial score (nSPS) is 13.4. The van der Waals surface area contributed by atoms with Gasteiger partial charge in [0.15, 0.2) is 0 Å². The number of hydrogen-bond donors (Lipinski definition) is 3. The summed E-state index contributed by atoms with van der Waals surface area (Å²) in [6, 6.07) is -0.707. The Hall–Kier alpha value is -1.66. The first-order valence-electron chi connectivity index (χ1n) is 25.1. The SMILES string of the molecule is CCCC/C=C\CCCCCCCC(=O)OC(CCC/C=C\CCCCCCCC)CC(=O)NC(CO)C(O)CCCCCCCCCCCCCCCCCC. The Morgan fingerprint density at radius 2 is 0.877 bits per heavy atom. The average molecular weight is 804 g/mol. The van der Waals surface area contributed by atoms with Gasteiger partial charge in [0.2, 0.25) is 5.91 Å². The molecule has 3 atom stereocenters. The molecular formula is C51H97NO5. The zero-order chi connectivity index (χ0) is 41.7. The molecule has 0 fully saturated rings. The molecule has 1 amide bonds. The van der Waals surface area contributed by atoms with Crippen LogP contribution in [0.5, 0.6) is 0 Å². The highest BCUT2D eigenvalue weighted by Crippen LogP contribution is 2.17. The van der Waals surface area contributed by atoms with Crippen LogP contribution in [0, 0.1) is 0 Å². The van der Waals surface area contributed by atoms with E-state index in [0.717, 1.165) is 57.8 Å². The van der Waals surface area contributed by atoms with Crippen LogP contribution < -0.4 is 5.32 Å². The molecule has 0 aromatic rings. The molecule has 336 valence electrons. The van der Waals surface area contributed by atoms with E-state index in [4.69, 9.17) is 4.74 Å². The van der Waals surface area contributed by atoms with Crippen molar-refractivity contribution in [3.8, 4) is 0 Å². The number of carbonyl (C=O) groups is 2. The van der Waals surface area contributed by atoms with E-state index in [-0.39, 0.29) is 24.9 Å². The Bertz CT molecular complexity index is 904. The molecule has 0 aliphatic rings. The van der Waals surface area contributed by atoms with E-state index >= 15 is 0 Å². The summed E-state index contributed by atoms with van der Waals surface area (Å²) >= 11 is 0. The lowest BCUT2D eigenvalue weighted by Gasteiger charge is -2.24. The third kappa shape index (κ3) is 40.9. The van der Waals surface area contributed by atoms with Gasteiger partial charge in [-0.1, -0.05) is 212 Å². The number of ether oxygens (including phenoxy) is 1. The number of hydrogen-bond acceptors (Lipinski definition) is 5. The Morgan fingerprint density at radius 1 is 0.491 bits per heavy atom. The maximum atomic E-state index is 13.1. The molecule has 3 N–H and O–H groups in total. The largest absolute Gasteiger partial charge is 0.462 e. The van der Waals surface area contributed by atoms with Crippen molar-refractivity contribution in [1.29, 1.82) is 0 Å². The minimum absolute atomic E-state index is 0.0568. The molecule has 0 saturated carbocycles. The summed E-state index contributed by atoms with van der Waals surface area (Å²) in [7, 11) is 0. The molecule has 0 radical (unpaired) electrons. The minimum Gasteiger partial charge on any atom is -0.462 e. The average Bonchev–Trinajstić information content (AvgIpc) is 3.20. The van der Waals surface area contributed by atoms with Gasteiger partial charge in [-0.2, -0.15) is 0 Å². The van der Waals surface area contributed by atoms with Gasteiger partial charge in [0.25, 0.3) is 0 Å². The molecule has 57 heavy (non-hydrogen) atoms. The minimum atomic E-state index is -0.791. The zero-order valence-electron chi connectivity index (χ0n) is 38.2. The highest BCUT2D eigenvalue weighted by atomic mass is 16.5. The van der Waals surface area contributed by atoms with Crippen molar-refractivity contribution in [3.05, 3.63) is 24.3 Å². The highest BCUT2D eigenvalue weighted by molar-refractivity contribution is 5.77. The molecule has 0 aliphatic heterocycles. The predicted octanol–water partition coefficient (Wildman–Crippen LogP) is 14.7. The van der Waals surface area contributed by atoms with Crippen LogP contribution in [-0.4, -0.2) is 46.9 Å². The van der Waals surface area contributed by atoms with E-state index in [2.05, 4.69) is 50.4 Å². The lowest BCUT2D eigenvalue weighted by molar-refractivity contribution is -0.151. The molecular weight excluding hydrogens is 707 g/mol. The van der Waals surface area contributed by atoms with E-state index in [1.165, 1.54) is 161 Å². The van der Waals surface area contributed by atoms with Crippen molar-refractivity contribution >= 4 is 11.9 Å². The maximum Gasteiger partial charge on any atom is 0.306 e. The molecule has 0 spiro atoms. The molecule has 0 saturated heterocycles. The number of aliphatic hydroxyl groups excluding tert-OH is 2. The highest BCUT2D eigenvalue weighted by Gasteiger charge is 2.24. The summed E-state index contributed by atoms with van der Waals surface area (Å²) in [5.41, 5.74) is 0. The summed E-state index contributed by atoms with van der Waals surface area (Å²) in [6.45, 7) is 6.44. The topological polar surface area (TPSA) is 95.9 Å². The van der Waals surface area contributed by atoms with E-state index < -0.39 is 18.2 Å². The van der Waals surface area contributed by atoms with Crippen molar-refractivity contribution in [3.63, 3.8) is 0 Å². The van der Waals surface area contributed by atoms with E-state index in [0.29, 0.717) is 19.3 Å². The first-order valence-corrected chi connectivity index (χ1v) is 25.1. The summed E-state index contributed by atoms with van der Waals surface area (Å²) in [5, 5.41) is 23.7. The van der Waals surface area contributed by atoms with Crippen molar-refractivity contribution in [2.24, 2.45) is 0 Å². The fourth-order valence-electron chi connectivity index (χ4n) is 7.65. The van der Waals surface area contributed by atoms with Crippen molar-refractivity contribution in [2.45, 2.75) is 283 Å². The van der Waals surface area contributed by atoms with Gasteiger partial charge in [0.1, 0.15) is 6.10 Å². The van der Waals surface area contributed by atoms with Gasteiger partial charge >= 0.3 is 5.97 Å². The second kappa shape index (κ2) is 45.4. The second-order valence-electron chi connectivity index (χ2n) is 17.2. The van der Waals surface area contributed by atoms with E-state index in [9.17, 15) is 19.8 Å². The first kappa shape index (κ1) is 55.3. The number of nitrogens with one attached hydrogen (secondary N) is 1. The standard InChI is InChI=1S/C51H97NO5/c1-4-7-10-13-16-19-22-23-24-25-26-29-31-34-37-40-43-49(54)48(46-53)52-50(55)45-47(42-39-36-33-30-27-20-17-14-11-8-5-2)57-51(56)44-41-38-35-32-28-21-18-15-12-9-6-3/h15,18,30,33,47-49,53-54H,4-14,16-17,19-29,31-32,34-46H2,1-3H3,(H,52,55)/b18-15-,33-30-. The maximum absolute atomic E-state index is 13.1. The number of carbonyl (C=O) groups excluding carboxylic acids is 2. The van der Waals surface area contributed by atoms with Crippen LogP contribution in [0.3, 0.4) is 0 Å². The number of allylic oxidation sites excluding steroid dienone is 4. The van der Waals surface area contributed by atoms with Gasteiger partial charge in [0.05, 0.1) is 25.2 Å². The van der Waals surface area contributed by atoms with Crippen LogP contribution in [0.15, 0.2) is 24.3 Å². The predicted molar refractivity (Wildman–Crippen MR) is 246 cm³/mol. The lowest BCUT2D eigenvalue weighted by Crippen LogP contribution is -2.46. The third-order valence-corrected chi connectivity index (χ3v) is 11.5. The quantitative estimate of drug-likeness (QED) is 0.0324. The smallest absolute Gasteiger partial charge is 0.306 e. The van der Waals surface area contributed by atoms with E-state index in [1.54, 1.807) is 0 Å².